The van der Waals surface area contributed by atoms with Crippen LogP contribution in [0.1, 0.15) is 31.0 Å². The Labute approximate surface area is 121 Å². The zero-order chi connectivity index (χ0) is 14.9. The Hall–Kier alpha value is -1.95. The molecule has 0 aliphatic carbocycles. The molecule has 0 unspecified atom stereocenters. The number of aromatic nitrogens is 2. The van der Waals surface area contributed by atoms with Gasteiger partial charge in [-0.05, 0) is 37.6 Å². The number of nitrogens with two attached hydrogens (primary N) is 1. The van der Waals surface area contributed by atoms with Crippen molar-refractivity contribution in [3.63, 3.8) is 0 Å². The van der Waals surface area contributed by atoms with E-state index in [1.165, 1.54) is 22.8 Å². The lowest BCUT2D eigenvalue weighted by atomic mass is 10.1. The third-order valence-electron chi connectivity index (χ3n) is 3.10. The van der Waals surface area contributed by atoms with E-state index < -0.39 is 0 Å². The summed E-state index contributed by atoms with van der Waals surface area (Å²) in [5.74, 6) is -0.378. The maximum Gasteiger partial charge on any atom is 0.328 e. The molecular formula is C14H16FN3OS. The van der Waals surface area contributed by atoms with Crippen molar-refractivity contribution in [1.82, 2.24) is 9.13 Å². The molecule has 2 aromatic rings. The van der Waals surface area contributed by atoms with Gasteiger partial charge in [0, 0.05) is 24.0 Å². The van der Waals surface area contributed by atoms with Gasteiger partial charge >= 0.3 is 5.69 Å². The summed E-state index contributed by atoms with van der Waals surface area (Å²) in [5.41, 5.74) is 6.67. The van der Waals surface area contributed by atoms with E-state index in [9.17, 15) is 9.18 Å². The second-order valence-electron chi connectivity index (χ2n) is 4.88. The molecule has 1 heterocycles. The summed E-state index contributed by atoms with van der Waals surface area (Å²) in [7, 11) is 0. The highest BCUT2D eigenvalue weighted by Gasteiger charge is 2.11. The zero-order valence-corrected chi connectivity index (χ0v) is 12.2. The molecule has 1 aromatic heterocycles. The standard InChI is InChI=1S/C14H16FN3OS/c1-9(2)18-6-5-17(14(18)19)8-10-7-11(15)3-4-12(10)13(16)20/h3-7,9H,8H2,1-2H3,(H2,16,20). The average molecular weight is 293 g/mol. The van der Waals surface area contributed by atoms with Crippen molar-refractivity contribution in [3.8, 4) is 0 Å². The first-order valence-corrected chi connectivity index (χ1v) is 6.66. The fourth-order valence-corrected chi connectivity index (χ4v) is 2.26. The minimum absolute atomic E-state index is 0.0753. The first-order chi connectivity index (χ1) is 9.40. The molecule has 0 saturated carbocycles. The van der Waals surface area contributed by atoms with Crippen LogP contribution in [0, 0.1) is 5.82 Å². The molecule has 0 aliphatic heterocycles. The Morgan fingerprint density at radius 2 is 2.10 bits per heavy atom. The molecule has 0 bridgehead atoms. The minimum Gasteiger partial charge on any atom is -0.389 e. The van der Waals surface area contributed by atoms with Gasteiger partial charge in [0.05, 0.1) is 6.54 Å². The Bertz CT molecular complexity index is 703. The van der Waals surface area contributed by atoms with Crippen LogP contribution < -0.4 is 11.4 Å². The van der Waals surface area contributed by atoms with E-state index in [1.807, 2.05) is 13.8 Å². The van der Waals surface area contributed by atoms with E-state index in [0.717, 1.165) is 0 Å². The Morgan fingerprint density at radius 1 is 1.40 bits per heavy atom. The summed E-state index contributed by atoms with van der Waals surface area (Å²) in [4.78, 5) is 12.3. The molecule has 0 aliphatic rings. The van der Waals surface area contributed by atoms with E-state index in [-0.39, 0.29) is 29.1 Å². The number of thiocarbonyl (C=S) groups is 1. The summed E-state index contributed by atoms with van der Waals surface area (Å²) in [6, 6.07) is 4.27. The SMILES string of the molecule is CC(C)n1ccn(Cc2cc(F)ccc2C(N)=S)c1=O. The van der Waals surface area contributed by atoms with Crippen LogP contribution in [0.4, 0.5) is 4.39 Å². The fraction of sp³-hybridized carbons (Fsp3) is 0.286. The molecule has 6 heteroatoms. The van der Waals surface area contributed by atoms with E-state index >= 15 is 0 Å². The smallest absolute Gasteiger partial charge is 0.328 e. The second kappa shape index (κ2) is 5.58. The predicted octanol–water partition coefficient (Wildman–Crippen LogP) is 2.05. The predicted molar refractivity (Wildman–Crippen MR) is 80.5 cm³/mol. The topological polar surface area (TPSA) is 52.9 Å². The van der Waals surface area contributed by atoms with Crippen LogP contribution in [-0.4, -0.2) is 14.1 Å². The van der Waals surface area contributed by atoms with E-state index in [2.05, 4.69) is 0 Å². The highest BCUT2D eigenvalue weighted by Crippen LogP contribution is 2.13. The van der Waals surface area contributed by atoms with E-state index in [0.29, 0.717) is 11.1 Å². The summed E-state index contributed by atoms with van der Waals surface area (Å²) < 4.78 is 16.5. The van der Waals surface area contributed by atoms with E-state index in [4.69, 9.17) is 18.0 Å². The van der Waals surface area contributed by atoms with Crippen LogP contribution in [0.15, 0.2) is 35.4 Å². The van der Waals surface area contributed by atoms with Crippen molar-refractivity contribution < 1.29 is 4.39 Å². The number of rotatable bonds is 4. The summed E-state index contributed by atoms with van der Waals surface area (Å²) in [6.45, 7) is 4.09. The van der Waals surface area contributed by atoms with Gasteiger partial charge in [-0.3, -0.25) is 9.13 Å². The lowest BCUT2D eigenvalue weighted by Crippen LogP contribution is -2.26. The highest BCUT2D eigenvalue weighted by atomic mass is 32.1. The van der Waals surface area contributed by atoms with E-state index in [1.54, 1.807) is 17.0 Å². The highest BCUT2D eigenvalue weighted by molar-refractivity contribution is 7.80. The second-order valence-corrected chi connectivity index (χ2v) is 5.32. The summed E-state index contributed by atoms with van der Waals surface area (Å²) >= 11 is 4.95. The molecule has 2 N–H and O–H groups in total. The molecular weight excluding hydrogens is 277 g/mol. The molecule has 4 nitrogen and oxygen atoms in total. The van der Waals surface area contributed by atoms with Crippen molar-refractivity contribution in [2.24, 2.45) is 5.73 Å². The Morgan fingerprint density at radius 3 is 2.65 bits per heavy atom. The van der Waals surface area contributed by atoms with Crippen LogP contribution >= 0.6 is 12.2 Å². The lowest BCUT2D eigenvalue weighted by Gasteiger charge is -2.09. The van der Waals surface area contributed by atoms with Gasteiger partial charge in [0.2, 0.25) is 0 Å². The molecule has 106 valence electrons. The fourth-order valence-electron chi connectivity index (χ4n) is 2.06. The number of benzene rings is 1. The molecule has 0 atom stereocenters. The number of hydrogen-bond donors (Lipinski definition) is 1. The first kappa shape index (κ1) is 14.5. The van der Waals surface area contributed by atoms with Gasteiger partial charge < -0.3 is 5.73 Å². The van der Waals surface area contributed by atoms with Gasteiger partial charge in [-0.25, -0.2) is 9.18 Å². The molecule has 20 heavy (non-hydrogen) atoms. The molecule has 0 radical (unpaired) electrons. The number of halogens is 1. The van der Waals surface area contributed by atoms with Gasteiger partial charge in [0.25, 0.3) is 0 Å². The maximum atomic E-state index is 13.4. The van der Waals surface area contributed by atoms with Crippen molar-refractivity contribution in [1.29, 1.82) is 0 Å². The largest absolute Gasteiger partial charge is 0.389 e. The normalized spacial score (nSPS) is 11.0. The van der Waals surface area contributed by atoms with Gasteiger partial charge in [0.15, 0.2) is 0 Å². The van der Waals surface area contributed by atoms with Crippen molar-refractivity contribution in [3.05, 3.63) is 58.0 Å². The molecule has 0 fully saturated rings. The van der Waals surface area contributed by atoms with Gasteiger partial charge in [-0.1, -0.05) is 12.2 Å². The monoisotopic (exact) mass is 293 g/mol. The third kappa shape index (κ3) is 2.80. The number of imidazole rings is 1. The van der Waals surface area contributed by atoms with Crippen LogP contribution in [-0.2, 0) is 6.54 Å². The van der Waals surface area contributed by atoms with Crippen LogP contribution in [0.2, 0.25) is 0 Å². The van der Waals surface area contributed by atoms with Crippen molar-refractivity contribution in [2.75, 3.05) is 0 Å². The zero-order valence-electron chi connectivity index (χ0n) is 11.3. The quantitative estimate of drug-likeness (QED) is 0.878. The van der Waals surface area contributed by atoms with Crippen molar-refractivity contribution in [2.45, 2.75) is 26.4 Å². The Balaban J connectivity index is 2.42. The van der Waals surface area contributed by atoms with Gasteiger partial charge in [-0.15, -0.1) is 0 Å². The number of nitrogens with zero attached hydrogens (tertiary/aromatic N) is 2. The summed E-state index contributed by atoms with van der Waals surface area (Å²) in [6.07, 6.45) is 3.39. The van der Waals surface area contributed by atoms with Crippen LogP contribution in [0.25, 0.3) is 0 Å². The Kier molecular flexibility index (Phi) is 4.04. The third-order valence-corrected chi connectivity index (χ3v) is 3.32. The van der Waals surface area contributed by atoms with Crippen molar-refractivity contribution >= 4 is 17.2 Å². The average Bonchev–Trinajstić information content (AvgIpc) is 2.71. The van der Waals surface area contributed by atoms with Gasteiger partial charge in [0.1, 0.15) is 10.8 Å². The maximum absolute atomic E-state index is 13.4. The molecule has 0 saturated heterocycles. The molecule has 1 aromatic carbocycles. The minimum atomic E-state index is -0.378. The molecule has 0 spiro atoms. The van der Waals surface area contributed by atoms with Gasteiger partial charge in [-0.2, -0.15) is 0 Å². The molecule has 2 rings (SSSR count). The van der Waals surface area contributed by atoms with Crippen LogP contribution in [0.3, 0.4) is 0 Å². The molecule has 0 amide bonds. The number of hydrogen-bond acceptors (Lipinski definition) is 2. The van der Waals surface area contributed by atoms with Crippen LogP contribution in [0.5, 0.6) is 0 Å². The first-order valence-electron chi connectivity index (χ1n) is 6.25. The lowest BCUT2D eigenvalue weighted by molar-refractivity contribution is 0.560. The summed E-state index contributed by atoms with van der Waals surface area (Å²) in [5, 5.41) is 0.